The third-order valence-corrected chi connectivity index (χ3v) is 3.74. The fraction of sp³-hybridized carbons (Fsp3) is 0.294. The van der Waals surface area contributed by atoms with Crippen LogP contribution in [0.2, 0.25) is 0 Å². The highest BCUT2D eigenvalue weighted by atomic mass is 16.5. The van der Waals surface area contributed by atoms with Gasteiger partial charge in [0, 0.05) is 24.7 Å². The Balaban J connectivity index is 1.48. The number of carbonyl (C=O) groups is 3. The van der Waals surface area contributed by atoms with E-state index in [1.54, 1.807) is 12.4 Å². The van der Waals surface area contributed by atoms with E-state index in [9.17, 15) is 14.4 Å². The third kappa shape index (κ3) is 4.66. The van der Waals surface area contributed by atoms with Gasteiger partial charge in [-0.05, 0) is 5.56 Å². The molecule has 0 radical (unpaired) electrons. The van der Waals surface area contributed by atoms with Gasteiger partial charge in [-0.3, -0.25) is 19.6 Å². The van der Waals surface area contributed by atoms with Gasteiger partial charge in [0.15, 0.2) is 0 Å². The van der Waals surface area contributed by atoms with Crippen LogP contribution in [0, 0.1) is 0 Å². The molecule has 130 valence electrons. The van der Waals surface area contributed by atoms with E-state index in [0.717, 1.165) is 11.1 Å². The summed E-state index contributed by atoms with van der Waals surface area (Å²) >= 11 is 0. The van der Waals surface area contributed by atoms with Gasteiger partial charge in [0.25, 0.3) is 0 Å². The summed E-state index contributed by atoms with van der Waals surface area (Å²) in [6.07, 6.45) is 3.56. The van der Waals surface area contributed by atoms with Crippen LogP contribution in [0.25, 0.3) is 0 Å². The zero-order chi connectivity index (χ0) is 17.6. The largest absolute Gasteiger partial charge is 0.459 e. The fourth-order valence-electron chi connectivity index (χ4n) is 2.46. The van der Waals surface area contributed by atoms with E-state index in [0.29, 0.717) is 13.1 Å². The van der Waals surface area contributed by atoms with E-state index in [1.165, 1.54) is 9.58 Å². The summed E-state index contributed by atoms with van der Waals surface area (Å²) < 4.78 is 6.68. The number of imide groups is 1. The molecule has 0 spiro atoms. The second kappa shape index (κ2) is 7.61. The molecule has 2 aromatic rings. The Morgan fingerprint density at radius 2 is 2.00 bits per heavy atom. The van der Waals surface area contributed by atoms with Crippen LogP contribution >= 0.6 is 0 Å². The van der Waals surface area contributed by atoms with Crippen LogP contribution in [0.1, 0.15) is 17.5 Å². The average molecular weight is 342 g/mol. The molecule has 1 fully saturated rings. The summed E-state index contributed by atoms with van der Waals surface area (Å²) in [4.78, 5) is 36.2. The van der Waals surface area contributed by atoms with Gasteiger partial charge >= 0.3 is 12.0 Å². The molecule has 8 heteroatoms. The van der Waals surface area contributed by atoms with Crippen molar-refractivity contribution in [3.63, 3.8) is 0 Å². The number of urea groups is 1. The molecule has 1 aromatic carbocycles. The SMILES string of the molecule is O=C1CCN(Cc2cnn(CC(=O)OCc3ccccc3)c2)C(=O)N1. The summed E-state index contributed by atoms with van der Waals surface area (Å²) in [7, 11) is 0. The summed E-state index contributed by atoms with van der Waals surface area (Å²) in [6, 6.07) is 9.02. The molecule has 0 bridgehead atoms. The van der Waals surface area contributed by atoms with Crippen molar-refractivity contribution in [3.05, 3.63) is 53.9 Å². The van der Waals surface area contributed by atoms with Crippen LogP contribution in [0.5, 0.6) is 0 Å². The molecule has 0 unspecified atom stereocenters. The van der Waals surface area contributed by atoms with Gasteiger partial charge in [0.1, 0.15) is 13.2 Å². The number of carbonyl (C=O) groups excluding carboxylic acids is 3. The van der Waals surface area contributed by atoms with Crippen molar-refractivity contribution >= 4 is 17.9 Å². The highest BCUT2D eigenvalue weighted by Gasteiger charge is 2.23. The first kappa shape index (κ1) is 16.7. The zero-order valence-corrected chi connectivity index (χ0v) is 13.6. The fourth-order valence-corrected chi connectivity index (χ4v) is 2.46. The topological polar surface area (TPSA) is 93.5 Å². The molecule has 3 rings (SSSR count). The maximum Gasteiger partial charge on any atom is 0.328 e. The van der Waals surface area contributed by atoms with Gasteiger partial charge in [-0.1, -0.05) is 30.3 Å². The molecule has 1 N–H and O–H groups in total. The van der Waals surface area contributed by atoms with Crippen LogP contribution in [-0.2, 0) is 34.0 Å². The van der Waals surface area contributed by atoms with Crippen LogP contribution < -0.4 is 5.32 Å². The molecule has 25 heavy (non-hydrogen) atoms. The molecule has 1 saturated heterocycles. The summed E-state index contributed by atoms with van der Waals surface area (Å²) in [5, 5.41) is 6.37. The van der Waals surface area contributed by atoms with Gasteiger partial charge in [-0.15, -0.1) is 0 Å². The second-order valence-corrected chi connectivity index (χ2v) is 5.72. The van der Waals surface area contributed by atoms with Crippen molar-refractivity contribution in [2.75, 3.05) is 6.54 Å². The molecule has 1 aliphatic rings. The molecule has 2 heterocycles. The van der Waals surface area contributed by atoms with Gasteiger partial charge < -0.3 is 9.64 Å². The average Bonchev–Trinajstić information content (AvgIpc) is 3.03. The number of aromatic nitrogens is 2. The van der Waals surface area contributed by atoms with Crippen molar-refractivity contribution in [3.8, 4) is 0 Å². The predicted molar refractivity (Wildman–Crippen MR) is 87.0 cm³/mol. The summed E-state index contributed by atoms with van der Waals surface area (Å²) in [5.41, 5.74) is 1.70. The molecule has 3 amide bonds. The quantitative estimate of drug-likeness (QED) is 0.793. The van der Waals surface area contributed by atoms with E-state index in [-0.39, 0.29) is 31.4 Å². The summed E-state index contributed by atoms with van der Waals surface area (Å²) in [5.74, 6) is -0.655. The van der Waals surface area contributed by atoms with Gasteiger partial charge in [0.05, 0.1) is 12.7 Å². The molecule has 0 aliphatic carbocycles. The number of nitrogens with zero attached hydrogens (tertiary/aromatic N) is 3. The van der Waals surface area contributed by atoms with E-state index >= 15 is 0 Å². The van der Waals surface area contributed by atoms with E-state index in [1.807, 2.05) is 30.3 Å². The molecule has 8 nitrogen and oxygen atoms in total. The Hall–Kier alpha value is -3.16. The highest BCUT2D eigenvalue weighted by molar-refractivity contribution is 5.96. The Morgan fingerprint density at radius 3 is 2.76 bits per heavy atom. The van der Waals surface area contributed by atoms with Gasteiger partial charge in [-0.2, -0.15) is 5.10 Å². The zero-order valence-electron chi connectivity index (χ0n) is 13.6. The predicted octanol–water partition coefficient (Wildman–Crippen LogP) is 1.07. The van der Waals surface area contributed by atoms with Crippen LogP contribution in [0.15, 0.2) is 42.7 Å². The van der Waals surface area contributed by atoms with Gasteiger partial charge in [-0.25, -0.2) is 4.79 Å². The normalized spacial score (nSPS) is 14.3. The van der Waals surface area contributed by atoms with Crippen molar-refractivity contribution in [2.45, 2.75) is 26.1 Å². The first-order chi connectivity index (χ1) is 12.1. The maximum atomic E-state index is 11.9. The van der Waals surface area contributed by atoms with Crippen molar-refractivity contribution in [1.29, 1.82) is 0 Å². The van der Waals surface area contributed by atoms with E-state index in [2.05, 4.69) is 10.4 Å². The van der Waals surface area contributed by atoms with Crippen molar-refractivity contribution < 1.29 is 19.1 Å². The maximum absolute atomic E-state index is 11.9. The lowest BCUT2D eigenvalue weighted by molar-refractivity contribution is -0.145. The lowest BCUT2D eigenvalue weighted by Gasteiger charge is -2.25. The number of hydrogen-bond acceptors (Lipinski definition) is 5. The molecule has 0 atom stereocenters. The molecular weight excluding hydrogens is 324 g/mol. The molecule has 1 aliphatic heterocycles. The minimum atomic E-state index is -0.411. The van der Waals surface area contributed by atoms with Crippen molar-refractivity contribution in [2.24, 2.45) is 0 Å². The first-order valence-electron chi connectivity index (χ1n) is 7.90. The van der Waals surface area contributed by atoms with Gasteiger partial charge in [0.2, 0.25) is 5.91 Å². The molecular formula is C17H18N4O4. The number of esters is 1. The Morgan fingerprint density at radius 1 is 1.20 bits per heavy atom. The lowest BCUT2D eigenvalue weighted by Crippen LogP contribution is -2.48. The number of hydrogen-bond donors (Lipinski definition) is 1. The smallest absolute Gasteiger partial charge is 0.328 e. The summed E-state index contributed by atoms with van der Waals surface area (Å²) in [6.45, 7) is 0.917. The number of nitrogens with one attached hydrogen (secondary N) is 1. The van der Waals surface area contributed by atoms with Crippen LogP contribution in [0.3, 0.4) is 0 Å². The number of rotatable bonds is 6. The molecule has 1 aromatic heterocycles. The third-order valence-electron chi connectivity index (χ3n) is 3.74. The van der Waals surface area contributed by atoms with E-state index < -0.39 is 6.03 Å². The number of benzene rings is 1. The standard InChI is InChI=1S/C17H18N4O4/c22-15-6-7-20(17(24)19-15)9-14-8-18-21(10-14)11-16(23)25-12-13-4-2-1-3-5-13/h1-5,8,10H,6-7,9,11-12H2,(H,19,22,24). The Labute approximate surface area is 144 Å². The van der Waals surface area contributed by atoms with Crippen molar-refractivity contribution in [1.82, 2.24) is 20.0 Å². The minimum Gasteiger partial charge on any atom is -0.459 e. The minimum absolute atomic E-state index is 0.00246. The van der Waals surface area contributed by atoms with E-state index in [4.69, 9.17) is 4.74 Å². The van der Waals surface area contributed by atoms with Crippen LogP contribution in [0.4, 0.5) is 4.79 Å². The lowest BCUT2D eigenvalue weighted by atomic mass is 10.2. The Bertz CT molecular complexity index is 772. The number of amides is 3. The first-order valence-corrected chi connectivity index (χ1v) is 7.90. The highest BCUT2D eigenvalue weighted by Crippen LogP contribution is 2.08. The Kier molecular flexibility index (Phi) is 5.08. The number of ether oxygens (including phenoxy) is 1. The second-order valence-electron chi connectivity index (χ2n) is 5.72. The molecule has 0 saturated carbocycles. The van der Waals surface area contributed by atoms with Crippen LogP contribution in [-0.4, -0.2) is 39.1 Å². The monoisotopic (exact) mass is 342 g/mol.